The number of methoxy groups -OCH3 is 1. The summed E-state index contributed by atoms with van der Waals surface area (Å²) in [7, 11) is 1.58. The number of allylic oxidation sites excluding steroid dienone is 1. The predicted molar refractivity (Wildman–Crippen MR) is 124 cm³/mol. The molecule has 31 heavy (non-hydrogen) atoms. The molecule has 0 amide bonds. The van der Waals surface area contributed by atoms with Crippen molar-refractivity contribution in [1.82, 2.24) is 10.2 Å². The van der Waals surface area contributed by atoms with Crippen LogP contribution < -0.4 is 19.9 Å². The molecule has 1 aliphatic heterocycles. The smallest absolute Gasteiger partial charge is 0.244 e. The lowest BCUT2D eigenvalue weighted by Crippen LogP contribution is -2.21. The number of hydrogen-bond acceptors (Lipinski definition) is 6. The van der Waals surface area contributed by atoms with Gasteiger partial charge in [0.2, 0.25) is 11.8 Å². The number of aryl methyl sites for hydroxylation is 1. The van der Waals surface area contributed by atoms with Crippen molar-refractivity contribution in [2.45, 2.75) is 19.4 Å². The summed E-state index contributed by atoms with van der Waals surface area (Å²) in [5.41, 5.74) is 9.73. The molecule has 0 saturated carbocycles. The van der Waals surface area contributed by atoms with E-state index in [1.807, 2.05) is 43.3 Å². The Labute approximate surface area is 197 Å². The number of halogens is 2. The molecule has 0 radical (unpaired) electrons. The van der Waals surface area contributed by atoms with Crippen LogP contribution in [0.3, 0.4) is 0 Å². The second kappa shape index (κ2) is 8.69. The van der Waals surface area contributed by atoms with Crippen molar-refractivity contribution < 1.29 is 14.2 Å². The number of nitrogens with zero attached hydrogens (tertiary/aromatic N) is 2. The van der Waals surface area contributed by atoms with Gasteiger partial charge < -0.3 is 19.9 Å². The van der Waals surface area contributed by atoms with Crippen LogP contribution in [0.1, 0.15) is 28.3 Å². The zero-order valence-electron chi connectivity index (χ0n) is 16.7. The van der Waals surface area contributed by atoms with Gasteiger partial charge in [-0.1, -0.05) is 23.7 Å². The van der Waals surface area contributed by atoms with Gasteiger partial charge in [0, 0.05) is 16.3 Å². The summed E-state index contributed by atoms with van der Waals surface area (Å²) in [6, 6.07) is 13.5. The molecule has 9 heteroatoms. The Kier molecular flexibility index (Phi) is 5.98. The van der Waals surface area contributed by atoms with E-state index in [1.54, 1.807) is 7.11 Å². The van der Waals surface area contributed by atoms with Gasteiger partial charge in [0.1, 0.15) is 18.2 Å². The first kappa shape index (κ1) is 21.3. The van der Waals surface area contributed by atoms with E-state index in [1.165, 1.54) is 0 Å². The van der Waals surface area contributed by atoms with Crippen LogP contribution in [0, 0.1) is 21.8 Å². The van der Waals surface area contributed by atoms with E-state index in [-0.39, 0.29) is 5.88 Å². The molecule has 0 spiro atoms. The SMILES string of the molecule is COc1cc(C2C(C#N)=C(N)Oc3n[nH]c(C)c32)cc(I)c1OCc1ccc(Cl)cc1. The number of benzene rings is 2. The van der Waals surface area contributed by atoms with Gasteiger partial charge in [-0.2, -0.15) is 5.26 Å². The molecule has 1 atom stereocenters. The second-order valence-electron chi connectivity index (χ2n) is 6.94. The number of aromatic nitrogens is 2. The highest BCUT2D eigenvalue weighted by atomic mass is 127. The summed E-state index contributed by atoms with van der Waals surface area (Å²) in [5.74, 6) is 1.16. The summed E-state index contributed by atoms with van der Waals surface area (Å²) in [6.45, 7) is 2.24. The van der Waals surface area contributed by atoms with E-state index in [4.69, 9.17) is 31.5 Å². The lowest BCUT2D eigenvalue weighted by molar-refractivity contribution is 0.282. The fourth-order valence-electron chi connectivity index (χ4n) is 3.51. The predicted octanol–water partition coefficient (Wildman–Crippen LogP) is 4.78. The summed E-state index contributed by atoms with van der Waals surface area (Å²) in [6.07, 6.45) is 0. The van der Waals surface area contributed by atoms with Gasteiger partial charge >= 0.3 is 0 Å². The molecule has 1 aliphatic rings. The molecule has 2 aromatic carbocycles. The number of ether oxygens (including phenoxy) is 3. The zero-order chi connectivity index (χ0) is 22.1. The van der Waals surface area contributed by atoms with Crippen LogP contribution >= 0.6 is 34.2 Å². The molecule has 7 nitrogen and oxygen atoms in total. The third kappa shape index (κ3) is 4.03. The van der Waals surface area contributed by atoms with Crippen LogP contribution in [-0.2, 0) is 6.61 Å². The molecule has 0 aliphatic carbocycles. The summed E-state index contributed by atoms with van der Waals surface area (Å²) >= 11 is 8.15. The number of nitriles is 1. The Morgan fingerprint density at radius 1 is 1.32 bits per heavy atom. The molecule has 1 unspecified atom stereocenters. The fourth-order valence-corrected chi connectivity index (χ4v) is 4.42. The maximum Gasteiger partial charge on any atom is 0.244 e. The van der Waals surface area contributed by atoms with Crippen molar-refractivity contribution >= 4 is 34.2 Å². The van der Waals surface area contributed by atoms with Crippen LogP contribution in [0.4, 0.5) is 0 Å². The molecule has 0 fully saturated rings. The number of aromatic amines is 1. The number of nitrogens with two attached hydrogens (primary N) is 1. The molecule has 0 bridgehead atoms. The highest BCUT2D eigenvalue weighted by Gasteiger charge is 2.35. The topological polar surface area (TPSA) is 106 Å². The number of rotatable bonds is 5. The Balaban J connectivity index is 1.73. The molecule has 3 N–H and O–H groups in total. The number of hydrogen-bond donors (Lipinski definition) is 2. The monoisotopic (exact) mass is 548 g/mol. The maximum atomic E-state index is 9.76. The van der Waals surface area contributed by atoms with Crippen molar-refractivity contribution in [2.24, 2.45) is 5.73 Å². The highest BCUT2D eigenvalue weighted by Crippen LogP contribution is 2.45. The van der Waals surface area contributed by atoms with Crippen molar-refractivity contribution in [3.05, 3.63) is 78.8 Å². The van der Waals surface area contributed by atoms with E-state index < -0.39 is 5.92 Å². The van der Waals surface area contributed by atoms with Crippen molar-refractivity contribution in [1.29, 1.82) is 5.26 Å². The molecule has 3 aromatic rings. The quantitative estimate of drug-likeness (QED) is 0.445. The number of fused-ring (bicyclic) bond motifs is 1. The normalized spacial score (nSPS) is 15.1. The molecule has 158 valence electrons. The third-order valence-corrected chi connectivity index (χ3v) is 6.06. The summed E-state index contributed by atoms with van der Waals surface area (Å²) < 4.78 is 18.1. The van der Waals surface area contributed by atoms with Gasteiger partial charge in [-0.3, -0.25) is 5.10 Å². The third-order valence-electron chi connectivity index (χ3n) is 5.01. The highest BCUT2D eigenvalue weighted by molar-refractivity contribution is 14.1. The number of nitrogens with one attached hydrogen (secondary N) is 1. The van der Waals surface area contributed by atoms with Crippen molar-refractivity contribution in [3.8, 4) is 23.4 Å². The standard InChI is InChI=1S/C22H18ClIN4O3/c1-11-18-19(15(9-25)21(26)31-22(18)28-27-11)13-7-16(24)20(17(8-13)29-2)30-10-12-3-5-14(23)6-4-12/h3-8,19H,10,26H2,1-2H3,(H,27,28). The Morgan fingerprint density at radius 3 is 2.74 bits per heavy atom. The van der Waals surface area contributed by atoms with Gasteiger partial charge in [0.15, 0.2) is 11.5 Å². The van der Waals surface area contributed by atoms with Gasteiger partial charge in [-0.05, 0) is 64.9 Å². The van der Waals surface area contributed by atoms with Crippen LogP contribution in [0.15, 0.2) is 47.9 Å². The first-order chi connectivity index (χ1) is 14.9. The largest absolute Gasteiger partial charge is 0.493 e. The molecule has 0 saturated heterocycles. The van der Waals surface area contributed by atoms with E-state index in [0.29, 0.717) is 34.6 Å². The fraction of sp³-hybridized carbons (Fsp3) is 0.182. The lowest BCUT2D eigenvalue weighted by atomic mass is 9.84. The van der Waals surface area contributed by atoms with E-state index >= 15 is 0 Å². The summed E-state index contributed by atoms with van der Waals surface area (Å²) in [5, 5.41) is 17.5. The summed E-state index contributed by atoms with van der Waals surface area (Å²) in [4.78, 5) is 0. The first-order valence-corrected chi connectivity index (χ1v) is 10.8. The lowest BCUT2D eigenvalue weighted by Gasteiger charge is -2.25. The van der Waals surface area contributed by atoms with Crippen molar-refractivity contribution in [3.63, 3.8) is 0 Å². The van der Waals surface area contributed by atoms with Crippen LogP contribution in [0.5, 0.6) is 17.4 Å². The maximum absolute atomic E-state index is 9.76. The molecule has 4 rings (SSSR count). The van der Waals surface area contributed by atoms with E-state index in [0.717, 1.165) is 26.0 Å². The molecule has 2 heterocycles. The van der Waals surface area contributed by atoms with Gasteiger partial charge in [-0.25, -0.2) is 0 Å². The average Bonchev–Trinajstić information content (AvgIpc) is 3.12. The molecular formula is C22H18ClIN4O3. The van der Waals surface area contributed by atoms with Gasteiger partial charge in [0.25, 0.3) is 0 Å². The minimum absolute atomic E-state index is 0.0449. The average molecular weight is 549 g/mol. The van der Waals surface area contributed by atoms with Crippen molar-refractivity contribution in [2.75, 3.05) is 7.11 Å². The van der Waals surface area contributed by atoms with E-state index in [9.17, 15) is 5.26 Å². The van der Waals surface area contributed by atoms with Crippen LogP contribution in [0.2, 0.25) is 5.02 Å². The first-order valence-electron chi connectivity index (χ1n) is 9.30. The Bertz CT molecular complexity index is 1210. The Morgan fingerprint density at radius 2 is 2.06 bits per heavy atom. The molecule has 1 aromatic heterocycles. The minimum Gasteiger partial charge on any atom is -0.493 e. The molecular weight excluding hydrogens is 531 g/mol. The van der Waals surface area contributed by atoms with E-state index in [2.05, 4.69) is 38.9 Å². The van der Waals surface area contributed by atoms with Crippen LogP contribution in [-0.4, -0.2) is 17.3 Å². The second-order valence-corrected chi connectivity index (χ2v) is 8.54. The van der Waals surface area contributed by atoms with Gasteiger partial charge in [0.05, 0.1) is 16.6 Å². The minimum atomic E-state index is -0.430. The Hall–Kier alpha value is -2.90. The van der Waals surface area contributed by atoms with Gasteiger partial charge in [-0.15, -0.1) is 5.10 Å². The number of H-pyrrole nitrogens is 1. The van der Waals surface area contributed by atoms with Crippen LogP contribution in [0.25, 0.3) is 0 Å². The zero-order valence-corrected chi connectivity index (χ0v) is 19.6.